The Labute approximate surface area is 172 Å². The molecule has 2 heterocycles. The van der Waals surface area contributed by atoms with Crippen LogP contribution in [0.3, 0.4) is 0 Å². The number of fused-ring (bicyclic) bond motifs is 1. The average Bonchev–Trinajstić information content (AvgIpc) is 3.14. The SMILES string of the molecule is O=C(Nc1cccc(Oc2ccncc2)c1)c1nc2c(Cl)cc(C(F)(F)F)cc2[nH]1. The number of ether oxygens (including phenoxy) is 1. The highest BCUT2D eigenvalue weighted by molar-refractivity contribution is 6.35. The number of benzene rings is 2. The highest BCUT2D eigenvalue weighted by Crippen LogP contribution is 2.34. The summed E-state index contributed by atoms with van der Waals surface area (Å²) in [5.41, 5.74) is -0.440. The zero-order chi connectivity index (χ0) is 21.3. The quantitative estimate of drug-likeness (QED) is 0.435. The van der Waals surface area contributed by atoms with E-state index in [1.54, 1.807) is 48.8 Å². The number of anilines is 1. The van der Waals surface area contributed by atoms with E-state index in [0.717, 1.165) is 12.1 Å². The first-order valence-corrected chi connectivity index (χ1v) is 8.93. The van der Waals surface area contributed by atoms with Crippen LogP contribution < -0.4 is 10.1 Å². The second-order valence-electron chi connectivity index (χ2n) is 6.20. The molecule has 2 aromatic carbocycles. The van der Waals surface area contributed by atoms with E-state index in [1.165, 1.54) is 0 Å². The molecule has 30 heavy (non-hydrogen) atoms. The molecule has 2 aromatic heterocycles. The van der Waals surface area contributed by atoms with Crippen molar-refractivity contribution in [1.82, 2.24) is 15.0 Å². The van der Waals surface area contributed by atoms with E-state index in [9.17, 15) is 18.0 Å². The minimum Gasteiger partial charge on any atom is -0.457 e. The fourth-order valence-electron chi connectivity index (χ4n) is 2.72. The molecule has 0 fully saturated rings. The number of hydrogen-bond acceptors (Lipinski definition) is 4. The third-order valence-electron chi connectivity index (χ3n) is 4.06. The number of halogens is 4. The van der Waals surface area contributed by atoms with E-state index in [0.29, 0.717) is 17.2 Å². The monoisotopic (exact) mass is 432 g/mol. The summed E-state index contributed by atoms with van der Waals surface area (Å²) in [7, 11) is 0. The van der Waals surface area contributed by atoms with Crippen molar-refractivity contribution in [2.75, 3.05) is 5.32 Å². The highest BCUT2D eigenvalue weighted by atomic mass is 35.5. The van der Waals surface area contributed by atoms with Crippen LogP contribution in [0.25, 0.3) is 11.0 Å². The van der Waals surface area contributed by atoms with E-state index >= 15 is 0 Å². The molecule has 0 bridgehead atoms. The van der Waals surface area contributed by atoms with Crippen molar-refractivity contribution in [2.24, 2.45) is 0 Å². The molecule has 152 valence electrons. The summed E-state index contributed by atoms with van der Waals surface area (Å²) in [6.45, 7) is 0. The predicted octanol–water partition coefficient (Wildman–Crippen LogP) is 5.67. The van der Waals surface area contributed by atoms with Gasteiger partial charge in [-0.15, -0.1) is 0 Å². The number of carbonyl (C=O) groups is 1. The minimum absolute atomic E-state index is 0.00902. The van der Waals surface area contributed by atoms with Crippen LogP contribution in [0, 0.1) is 0 Å². The summed E-state index contributed by atoms with van der Waals surface area (Å²) in [5.74, 6) is 0.228. The van der Waals surface area contributed by atoms with Crippen molar-refractivity contribution in [3.63, 3.8) is 0 Å². The van der Waals surface area contributed by atoms with Gasteiger partial charge in [0, 0.05) is 24.1 Å². The summed E-state index contributed by atoms with van der Waals surface area (Å²) in [6, 6.07) is 11.6. The van der Waals surface area contributed by atoms with Gasteiger partial charge in [-0.3, -0.25) is 9.78 Å². The first-order chi connectivity index (χ1) is 14.3. The first-order valence-electron chi connectivity index (χ1n) is 8.55. The molecule has 0 aliphatic heterocycles. The lowest BCUT2D eigenvalue weighted by molar-refractivity contribution is -0.137. The summed E-state index contributed by atoms with van der Waals surface area (Å²) in [6.07, 6.45) is -1.41. The number of amides is 1. The lowest BCUT2D eigenvalue weighted by Crippen LogP contribution is -2.13. The van der Waals surface area contributed by atoms with Gasteiger partial charge in [0.25, 0.3) is 5.91 Å². The van der Waals surface area contributed by atoms with Crippen molar-refractivity contribution in [2.45, 2.75) is 6.18 Å². The number of imidazole rings is 1. The highest BCUT2D eigenvalue weighted by Gasteiger charge is 2.32. The van der Waals surface area contributed by atoms with Crippen LogP contribution in [-0.2, 0) is 6.18 Å². The van der Waals surface area contributed by atoms with Gasteiger partial charge in [-0.05, 0) is 36.4 Å². The van der Waals surface area contributed by atoms with Gasteiger partial charge < -0.3 is 15.0 Å². The van der Waals surface area contributed by atoms with Crippen LogP contribution in [0.15, 0.2) is 60.9 Å². The van der Waals surface area contributed by atoms with E-state index < -0.39 is 17.6 Å². The number of H-pyrrole nitrogens is 1. The molecule has 0 saturated carbocycles. The third kappa shape index (κ3) is 4.20. The molecule has 0 radical (unpaired) electrons. The van der Waals surface area contributed by atoms with Gasteiger partial charge in [0.2, 0.25) is 0 Å². The van der Waals surface area contributed by atoms with Crippen LogP contribution in [0.5, 0.6) is 11.5 Å². The normalized spacial score (nSPS) is 11.5. The predicted molar refractivity (Wildman–Crippen MR) is 105 cm³/mol. The Morgan fingerprint density at radius 1 is 1.07 bits per heavy atom. The molecule has 0 aliphatic rings. The Bertz CT molecular complexity index is 1230. The molecule has 0 atom stereocenters. The number of hydrogen-bond donors (Lipinski definition) is 2. The van der Waals surface area contributed by atoms with Crippen LogP contribution in [0.1, 0.15) is 16.2 Å². The topological polar surface area (TPSA) is 79.9 Å². The fourth-order valence-corrected chi connectivity index (χ4v) is 2.98. The largest absolute Gasteiger partial charge is 0.457 e. The van der Waals surface area contributed by atoms with Gasteiger partial charge in [-0.25, -0.2) is 4.98 Å². The first kappa shape index (κ1) is 19.7. The lowest BCUT2D eigenvalue weighted by atomic mass is 10.2. The van der Waals surface area contributed by atoms with Crippen LogP contribution >= 0.6 is 11.6 Å². The Balaban J connectivity index is 1.56. The molecule has 10 heteroatoms. The molecular formula is C20H12ClF3N4O2. The Kier molecular flexibility index (Phi) is 5.04. The number of aromatic amines is 1. The van der Waals surface area contributed by atoms with Crippen molar-refractivity contribution in [1.29, 1.82) is 0 Å². The van der Waals surface area contributed by atoms with Crippen LogP contribution in [0.2, 0.25) is 5.02 Å². The number of carbonyl (C=O) groups excluding carboxylic acids is 1. The minimum atomic E-state index is -4.57. The number of rotatable bonds is 4. The van der Waals surface area contributed by atoms with Gasteiger partial charge >= 0.3 is 6.18 Å². The zero-order valence-electron chi connectivity index (χ0n) is 15.0. The maximum absolute atomic E-state index is 13.0. The molecule has 0 saturated heterocycles. The number of pyridine rings is 1. The Morgan fingerprint density at radius 2 is 1.83 bits per heavy atom. The molecule has 1 amide bonds. The number of nitrogens with zero attached hydrogens (tertiary/aromatic N) is 2. The second kappa shape index (κ2) is 7.68. The molecule has 4 rings (SSSR count). The molecule has 0 spiro atoms. The summed E-state index contributed by atoms with van der Waals surface area (Å²) in [5, 5.41) is 2.41. The van der Waals surface area contributed by atoms with Crippen molar-refractivity contribution < 1.29 is 22.7 Å². The van der Waals surface area contributed by atoms with Gasteiger partial charge in [0.1, 0.15) is 17.0 Å². The smallest absolute Gasteiger partial charge is 0.416 e. The standard InChI is InChI=1S/C20H12ClF3N4O2/c21-15-8-11(20(22,23)24)9-16-17(15)28-18(27-16)19(29)26-12-2-1-3-14(10-12)30-13-4-6-25-7-5-13/h1-10H,(H,26,29)(H,27,28). The summed E-state index contributed by atoms with van der Waals surface area (Å²) < 4.78 is 44.5. The molecule has 4 aromatic rings. The van der Waals surface area contributed by atoms with E-state index in [1.807, 2.05) is 0 Å². The van der Waals surface area contributed by atoms with E-state index in [2.05, 4.69) is 20.3 Å². The second-order valence-corrected chi connectivity index (χ2v) is 6.61. The maximum atomic E-state index is 13.0. The van der Waals surface area contributed by atoms with Crippen molar-refractivity contribution in [3.05, 3.63) is 77.3 Å². The van der Waals surface area contributed by atoms with E-state index in [4.69, 9.17) is 16.3 Å². The van der Waals surface area contributed by atoms with Crippen LogP contribution in [-0.4, -0.2) is 20.9 Å². The van der Waals surface area contributed by atoms with Gasteiger partial charge in [-0.1, -0.05) is 17.7 Å². The van der Waals surface area contributed by atoms with Crippen LogP contribution in [0.4, 0.5) is 18.9 Å². The summed E-state index contributed by atoms with van der Waals surface area (Å²) in [4.78, 5) is 23.0. The Hall–Kier alpha value is -3.59. The summed E-state index contributed by atoms with van der Waals surface area (Å²) >= 11 is 5.91. The van der Waals surface area contributed by atoms with Crippen molar-refractivity contribution >= 4 is 34.2 Å². The van der Waals surface area contributed by atoms with Gasteiger partial charge in [-0.2, -0.15) is 13.2 Å². The number of aromatic nitrogens is 3. The Morgan fingerprint density at radius 3 is 2.57 bits per heavy atom. The molecule has 2 N–H and O–H groups in total. The molecule has 0 aliphatic carbocycles. The fraction of sp³-hybridized carbons (Fsp3) is 0.0500. The molecular weight excluding hydrogens is 421 g/mol. The lowest BCUT2D eigenvalue weighted by Gasteiger charge is -2.08. The average molecular weight is 433 g/mol. The van der Waals surface area contributed by atoms with Gasteiger partial charge in [0.05, 0.1) is 16.1 Å². The molecule has 6 nitrogen and oxygen atoms in total. The third-order valence-corrected chi connectivity index (χ3v) is 4.35. The van der Waals surface area contributed by atoms with Crippen molar-refractivity contribution in [3.8, 4) is 11.5 Å². The maximum Gasteiger partial charge on any atom is 0.416 e. The van der Waals surface area contributed by atoms with Gasteiger partial charge in [0.15, 0.2) is 5.82 Å². The number of alkyl halides is 3. The number of nitrogens with one attached hydrogen (secondary N) is 2. The zero-order valence-corrected chi connectivity index (χ0v) is 15.8. The molecule has 0 unspecified atom stereocenters. The van der Waals surface area contributed by atoms with E-state index in [-0.39, 0.29) is 21.9 Å².